The average molecular weight is 821 g/mol. The van der Waals surface area contributed by atoms with Crippen LogP contribution in [0.5, 0.6) is 0 Å². The van der Waals surface area contributed by atoms with Crippen LogP contribution >= 0.6 is 0 Å². The van der Waals surface area contributed by atoms with E-state index in [0.717, 1.165) is 63.7 Å². The average Bonchev–Trinajstić information content (AvgIpc) is 3.21. The van der Waals surface area contributed by atoms with E-state index in [2.05, 4.69) is 27.7 Å². The van der Waals surface area contributed by atoms with E-state index in [1.54, 1.807) is 0 Å². The van der Waals surface area contributed by atoms with Gasteiger partial charge in [-0.25, -0.2) is 0 Å². The first-order chi connectivity index (χ1) is 28.4. The van der Waals surface area contributed by atoms with E-state index >= 15 is 0 Å². The normalized spacial score (nSPS) is 11.9. The largest absolute Gasteiger partial charge is 0.462 e. The monoisotopic (exact) mass is 821 g/mol. The summed E-state index contributed by atoms with van der Waals surface area (Å²) in [6.45, 7) is 8.95. The van der Waals surface area contributed by atoms with Crippen LogP contribution in [0.25, 0.3) is 0 Å². The number of unbranched alkanes of at least 4 members (excludes halogenated alkanes) is 34. The minimum absolute atomic E-state index is 0.0641. The van der Waals surface area contributed by atoms with E-state index in [1.165, 1.54) is 186 Å². The molecule has 0 fully saturated rings. The summed E-state index contributed by atoms with van der Waals surface area (Å²) in [5, 5.41) is 0. The summed E-state index contributed by atoms with van der Waals surface area (Å²) in [5.74, 6) is -0.0926. The Morgan fingerprint density at radius 3 is 0.845 bits per heavy atom. The molecule has 0 bridgehead atoms. The fourth-order valence-corrected chi connectivity index (χ4v) is 7.86. The van der Waals surface area contributed by atoms with Crippen molar-refractivity contribution in [3.8, 4) is 0 Å². The Morgan fingerprint density at radius 1 is 0.328 bits per heavy atom. The SMILES string of the molecule is CCCCCCCCCCCCCCCCCCCCCC(=O)OC[C@@H](COC(=O)CCCCCCCCCCCCCC)OC(=O)CCCCCCCCC(C)C. The van der Waals surface area contributed by atoms with Crippen molar-refractivity contribution >= 4 is 17.9 Å². The van der Waals surface area contributed by atoms with Crippen molar-refractivity contribution in [2.75, 3.05) is 13.2 Å². The number of esters is 3. The zero-order valence-corrected chi connectivity index (χ0v) is 39.5. The van der Waals surface area contributed by atoms with Crippen LogP contribution in [0, 0.1) is 5.92 Å². The number of hydrogen-bond donors (Lipinski definition) is 0. The molecule has 0 amide bonds. The minimum Gasteiger partial charge on any atom is -0.462 e. The van der Waals surface area contributed by atoms with Crippen LogP contribution < -0.4 is 0 Å². The van der Waals surface area contributed by atoms with Crippen molar-refractivity contribution in [2.24, 2.45) is 5.92 Å². The van der Waals surface area contributed by atoms with Crippen LogP contribution in [-0.2, 0) is 28.6 Å². The molecule has 0 radical (unpaired) electrons. The molecule has 0 aromatic rings. The molecule has 344 valence electrons. The van der Waals surface area contributed by atoms with Crippen LogP contribution in [0.1, 0.15) is 291 Å². The van der Waals surface area contributed by atoms with Crippen molar-refractivity contribution in [2.45, 2.75) is 297 Å². The van der Waals surface area contributed by atoms with Gasteiger partial charge in [0, 0.05) is 19.3 Å². The minimum atomic E-state index is -0.761. The third-order valence-electron chi connectivity index (χ3n) is 11.8. The zero-order chi connectivity index (χ0) is 42.4. The Morgan fingerprint density at radius 2 is 0.569 bits per heavy atom. The molecule has 0 rings (SSSR count). The molecule has 0 spiro atoms. The van der Waals surface area contributed by atoms with Crippen LogP contribution in [0.3, 0.4) is 0 Å². The van der Waals surface area contributed by atoms with Crippen molar-refractivity contribution in [3.63, 3.8) is 0 Å². The highest BCUT2D eigenvalue weighted by Gasteiger charge is 2.19. The summed E-state index contributed by atoms with van der Waals surface area (Å²) in [6.07, 6.45) is 48.2. The van der Waals surface area contributed by atoms with E-state index in [0.29, 0.717) is 19.3 Å². The van der Waals surface area contributed by atoms with Gasteiger partial charge < -0.3 is 14.2 Å². The van der Waals surface area contributed by atoms with Crippen LogP contribution in [-0.4, -0.2) is 37.2 Å². The predicted octanol–water partition coefficient (Wildman–Crippen LogP) is 16.7. The van der Waals surface area contributed by atoms with E-state index in [9.17, 15) is 14.4 Å². The maximum Gasteiger partial charge on any atom is 0.306 e. The zero-order valence-electron chi connectivity index (χ0n) is 39.5. The first kappa shape index (κ1) is 56.4. The van der Waals surface area contributed by atoms with E-state index in [1.807, 2.05) is 0 Å². The van der Waals surface area contributed by atoms with Gasteiger partial charge in [-0.1, -0.05) is 252 Å². The molecule has 0 saturated heterocycles. The molecular weight excluding hydrogens is 721 g/mol. The lowest BCUT2D eigenvalue weighted by Gasteiger charge is -2.18. The van der Waals surface area contributed by atoms with Gasteiger partial charge in [0.25, 0.3) is 0 Å². The second kappa shape index (κ2) is 46.5. The summed E-state index contributed by atoms with van der Waals surface area (Å²) in [4.78, 5) is 37.8. The fraction of sp³-hybridized carbons (Fsp3) is 0.942. The number of rotatable bonds is 47. The third kappa shape index (κ3) is 45.5. The molecular formula is C52H100O6. The van der Waals surface area contributed by atoms with Crippen LogP contribution in [0.4, 0.5) is 0 Å². The van der Waals surface area contributed by atoms with E-state index < -0.39 is 6.10 Å². The summed E-state index contributed by atoms with van der Waals surface area (Å²) >= 11 is 0. The lowest BCUT2D eigenvalue weighted by Crippen LogP contribution is -2.30. The second-order valence-corrected chi connectivity index (χ2v) is 18.3. The highest BCUT2D eigenvalue weighted by atomic mass is 16.6. The van der Waals surface area contributed by atoms with Gasteiger partial charge in [0.2, 0.25) is 0 Å². The van der Waals surface area contributed by atoms with Gasteiger partial charge in [0.05, 0.1) is 0 Å². The smallest absolute Gasteiger partial charge is 0.306 e. The molecule has 0 aliphatic rings. The lowest BCUT2D eigenvalue weighted by molar-refractivity contribution is -0.167. The van der Waals surface area contributed by atoms with Crippen molar-refractivity contribution < 1.29 is 28.6 Å². The molecule has 58 heavy (non-hydrogen) atoms. The van der Waals surface area contributed by atoms with Gasteiger partial charge in [0.1, 0.15) is 13.2 Å². The molecule has 0 aromatic heterocycles. The number of ether oxygens (including phenoxy) is 3. The topological polar surface area (TPSA) is 78.9 Å². The molecule has 6 nitrogen and oxygen atoms in total. The fourth-order valence-electron chi connectivity index (χ4n) is 7.86. The summed E-state index contributed by atoms with van der Waals surface area (Å²) < 4.78 is 16.8. The Bertz CT molecular complexity index is 872. The van der Waals surface area contributed by atoms with Gasteiger partial charge in [-0.05, 0) is 25.2 Å². The van der Waals surface area contributed by atoms with E-state index in [4.69, 9.17) is 14.2 Å². The van der Waals surface area contributed by atoms with Gasteiger partial charge in [0.15, 0.2) is 6.10 Å². The Balaban J connectivity index is 4.19. The molecule has 0 N–H and O–H groups in total. The molecule has 0 aliphatic heterocycles. The quantitative estimate of drug-likeness (QED) is 0.0346. The van der Waals surface area contributed by atoms with Crippen molar-refractivity contribution in [1.82, 2.24) is 0 Å². The predicted molar refractivity (Wildman–Crippen MR) is 247 cm³/mol. The molecule has 1 atom stereocenters. The number of hydrogen-bond acceptors (Lipinski definition) is 6. The van der Waals surface area contributed by atoms with E-state index in [-0.39, 0.29) is 31.1 Å². The summed E-state index contributed by atoms with van der Waals surface area (Å²) in [5.41, 5.74) is 0. The highest BCUT2D eigenvalue weighted by Crippen LogP contribution is 2.17. The first-order valence-electron chi connectivity index (χ1n) is 25.9. The standard InChI is InChI=1S/C52H100O6/c1-5-7-9-11-13-15-17-19-20-21-22-23-24-25-27-29-31-36-40-44-51(54)57-47-49(58-52(55)45-41-37-33-32-34-38-42-48(3)4)46-56-50(53)43-39-35-30-28-26-18-16-14-12-10-8-6-2/h48-49H,5-47H2,1-4H3/t49-/m1/s1. The Kier molecular flexibility index (Phi) is 45.2. The summed E-state index contributed by atoms with van der Waals surface area (Å²) in [6, 6.07) is 0. The van der Waals surface area contributed by atoms with Gasteiger partial charge in [-0.2, -0.15) is 0 Å². The Hall–Kier alpha value is -1.59. The van der Waals surface area contributed by atoms with Gasteiger partial charge in [-0.15, -0.1) is 0 Å². The van der Waals surface area contributed by atoms with Crippen LogP contribution in [0.2, 0.25) is 0 Å². The first-order valence-corrected chi connectivity index (χ1v) is 25.9. The van der Waals surface area contributed by atoms with Gasteiger partial charge >= 0.3 is 17.9 Å². The molecule has 0 saturated carbocycles. The summed E-state index contributed by atoms with van der Waals surface area (Å²) in [7, 11) is 0. The maximum absolute atomic E-state index is 12.7. The molecule has 0 unspecified atom stereocenters. The van der Waals surface area contributed by atoms with Crippen molar-refractivity contribution in [3.05, 3.63) is 0 Å². The number of carbonyl (C=O) groups is 3. The van der Waals surface area contributed by atoms with Gasteiger partial charge in [-0.3, -0.25) is 14.4 Å². The molecule has 6 heteroatoms. The molecule has 0 aliphatic carbocycles. The van der Waals surface area contributed by atoms with Crippen LogP contribution in [0.15, 0.2) is 0 Å². The molecule has 0 aromatic carbocycles. The van der Waals surface area contributed by atoms with Crippen molar-refractivity contribution in [1.29, 1.82) is 0 Å². The third-order valence-corrected chi connectivity index (χ3v) is 11.8. The number of carbonyl (C=O) groups excluding carboxylic acids is 3. The molecule has 0 heterocycles. The second-order valence-electron chi connectivity index (χ2n) is 18.3. The lowest BCUT2D eigenvalue weighted by atomic mass is 10.0. The highest BCUT2D eigenvalue weighted by molar-refractivity contribution is 5.71. The Labute approximate surface area is 361 Å². The maximum atomic E-state index is 12.7.